The van der Waals surface area contributed by atoms with Gasteiger partial charge in [-0.25, -0.2) is 4.79 Å². The zero-order valence-electron chi connectivity index (χ0n) is 12.6. The Bertz CT molecular complexity index is 876. The van der Waals surface area contributed by atoms with Crippen LogP contribution in [0.4, 0.5) is 4.79 Å². The van der Waals surface area contributed by atoms with Crippen molar-refractivity contribution in [2.24, 2.45) is 0 Å². The molecule has 4 nitrogen and oxygen atoms in total. The van der Waals surface area contributed by atoms with E-state index >= 15 is 0 Å². The fraction of sp³-hybridized carbons (Fsp3) is 0.111. The number of fused-ring (bicyclic) bond motifs is 1. The van der Waals surface area contributed by atoms with Crippen LogP contribution in [0.1, 0.15) is 15.2 Å². The van der Waals surface area contributed by atoms with Gasteiger partial charge in [0.05, 0.1) is 16.4 Å². The van der Waals surface area contributed by atoms with Crippen molar-refractivity contribution in [2.75, 3.05) is 6.54 Å². The summed E-state index contributed by atoms with van der Waals surface area (Å²) in [6.45, 7) is 0.00464. The molecular weight excluding hydrogens is 346 g/mol. The van der Waals surface area contributed by atoms with Gasteiger partial charge >= 0.3 is 6.09 Å². The standard InChI is InChI=1S/C18H14ClNO3S/c19-16-13-8-4-5-9-15(13)24-17(16)14(21)10-20-18(22)23-11-12-6-2-1-3-7-12/h1-9H,10-11H2,(H,20,22). The normalized spacial score (nSPS) is 10.5. The molecule has 0 saturated carbocycles. The molecule has 6 heteroatoms. The highest BCUT2D eigenvalue weighted by Gasteiger charge is 2.17. The first-order valence-corrected chi connectivity index (χ1v) is 8.49. The zero-order valence-corrected chi connectivity index (χ0v) is 14.2. The third kappa shape index (κ3) is 3.75. The van der Waals surface area contributed by atoms with E-state index in [2.05, 4.69) is 5.32 Å². The monoisotopic (exact) mass is 359 g/mol. The molecule has 1 heterocycles. The van der Waals surface area contributed by atoms with Crippen LogP contribution in [0.25, 0.3) is 10.1 Å². The van der Waals surface area contributed by atoms with Crippen LogP contribution in [-0.2, 0) is 11.3 Å². The van der Waals surface area contributed by atoms with Gasteiger partial charge in [-0.3, -0.25) is 4.79 Å². The fourth-order valence-electron chi connectivity index (χ4n) is 2.20. The summed E-state index contributed by atoms with van der Waals surface area (Å²) >= 11 is 7.57. The summed E-state index contributed by atoms with van der Waals surface area (Å²) in [7, 11) is 0. The first-order chi connectivity index (χ1) is 11.6. The lowest BCUT2D eigenvalue weighted by Crippen LogP contribution is -2.29. The molecule has 24 heavy (non-hydrogen) atoms. The molecule has 1 N–H and O–H groups in total. The molecular formula is C18H14ClNO3S. The molecule has 3 aromatic rings. The number of amides is 1. The largest absolute Gasteiger partial charge is 0.445 e. The maximum atomic E-state index is 12.3. The van der Waals surface area contributed by atoms with Crippen LogP contribution < -0.4 is 5.32 Å². The third-order valence-electron chi connectivity index (χ3n) is 3.39. The number of carbonyl (C=O) groups is 2. The Morgan fingerprint density at radius 1 is 1.04 bits per heavy atom. The predicted molar refractivity (Wildman–Crippen MR) is 95.8 cm³/mol. The summed E-state index contributed by atoms with van der Waals surface area (Å²) in [5.41, 5.74) is 0.881. The van der Waals surface area contributed by atoms with E-state index < -0.39 is 6.09 Å². The van der Waals surface area contributed by atoms with Gasteiger partial charge in [0.25, 0.3) is 0 Å². The smallest absolute Gasteiger partial charge is 0.407 e. The first-order valence-electron chi connectivity index (χ1n) is 7.30. The summed E-state index contributed by atoms with van der Waals surface area (Å²) in [6, 6.07) is 16.9. The SMILES string of the molecule is O=C(NCC(=O)c1sc2ccccc2c1Cl)OCc1ccccc1. The minimum atomic E-state index is -0.635. The van der Waals surface area contributed by atoms with E-state index in [9.17, 15) is 9.59 Å². The second-order valence-electron chi connectivity index (χ2n) is 5.08. The molecule has 0 spiro atoms. The number of carbonyl (C=O) groups excluding carboxylic acids is 2. The van der Waals surface area contributed by atoms with Crippen molar-refractivity contribution < 1.29 is 14.3 Å². The Hall–Kier alpha value is -2.37. The molecule has 1 amide bonds. The van der Waals surface area contributed by atoms with Crippen molar-refractivity contribution in [3.63, 3.8) is 0 Å². The van der Waals surface area contributed by atoms with Crippen LogP contribution in [0.5, 0.6) is 0 Å². The summed E-state index contributed by atoms with van der Waals surface area (Å²) < 4.78 is 6.01. The average molecular weight is 360 g/mol. The van der Waals surface area contributed by atoms with Crippen molar-refractivity contribution in [2.45, 2.75) is 6.61 Å². The number of Topliss-reactive ketones (excluding diaryl/α,β-unsaturated/α-hetero) is 1. The van der Waals surface area contributed by atoms with Gasteiger partial charge < -0.3 is 10.1 Å². The molecule has 3 rings (SSSR count). The molecule has 0 aliphatic carbocycles. The molecule has 0 radical (unpaired) electrons. The predicted octanol–water partition coefficient (Wildman–Crippen LogP) is 4.66. The van der Waals surface area contributed by atoms with E-state index in [0.717, 1.165) is 15.6 Å². The zero-order chi connectivity index (χ0) is 16.9. The quantitative estimate of drug-likeness (QED) is 0.674. The molecule has 0 atom stereocenters. The lowest BCUT2D eigenvalue weighted by atomic mass is 10.2. The van der Waals surface area contributed by atoms with Crippen LogP contribution in [-0.4, -0.2) is 18.4 Å². The highest BCUT2D eigenvalue weighted by atomic mass is 35.5. The number of thiophene rings is 1. The number of halogens is 1. The van der Waals surface area contributed by atoms with Gasteiger partial charge in [-0.05, 0) is 11.6 Å². The number of ketones is 1. The van der Waals surface area contributed by atoms with Gasteiger partial charge in [-0.2, -0.15) is 0 Å². The van der Waals surface area contributed by atoms with Crippen molar-refractivity contribution in [3.8, 4) is 0 Å². The highest BCUT2D eigenvalue weighted by Crippen LogP contribution is 2.35. The van der Waals surface area contributed by atoms with Crippen molar-refractivity contribution in [3.05, 3.63) is 70.1 Å². The van der Waals surface area contributed by atoms with Gasteiger partial charge in [0, 0.05) is 10.1 Å². The second-order valence-corrected chi connectivity index (χ2v) is 6.51. The van der Waals surface area contributed by atoms with Gasteiger partial charge in [-0.15, -0.1) is 11.3 Å². The molecule has 0 fully saturated rings. The fourth-order valence-corrected chi connectivity index (χ4v) is 3.67. The molecule has 0 aliphatic rings. The maximum Gasteiger partial charge on any atom is 0.407 e. The van der Waals surface area contributed by atoms with Crippen LogP contribution >= 0.6 is 22.9 Å². The van der Waals surface area contributed by atoms with E-state index in [4.69, 9.17) is 16.3 Å². The number of nitrogens with one attached hydrogen (secondary N) is 1. The summed E-state index contributed by atoms with van der Waals surface area (Å²) in [6.07, 6.45) is -0.635. The molecule has 0 saturated heterocycles. The van der Waals surface area contributed by atoms with Crippen LogP contribution in [0.15, 0.2) is 54.6 Å². The number of rotatable bonds is 5. The highest BCUT2D eigenvalue weighted by molar-refractivity contribution is 7.21. The molecule has 1 aromatic heterocycles. The third-order valence-corrected chi connectivity index (χ3v) is 5.11. The van der Waals surface area contributed by atoms with Gasteiger partial charge in [-0.1, -0.05) is 60.1 Å². The average Bonchev–Trinajstić information content (AvgIpc) is 2.96. The molecule has 0 aliphatic heterocycles. The van der Waals surface area contributed by atoms with Gasteiger partial charge in [0.1, 0.15) is 6.61 Å². The van der Waals surface area contributed by atoms with E-state index in [1.165, 1.54) is 11.3 Å². The minimum Gasteiger partial charge on any atom is -0.445 e. The van der Waals surface area contributed by atoms with E-state index in [1.54, 1.807) is 0 Å². The minimum absolute atomic E-state index is 0.153. The number of ether oxygens (including phenoxy) is 1. The topological polar surface area (TPSA) is 55.4 Å². The number of hydrogen-bond acceptors (Lipinski definition) is 4. The molecule has 0 bridgehead atoms. The van der Waals surface area contributed by atoms with Crippen molar-refractivity contribution in [1.29, 1.82) is 0 Å². The Morgan fingerprint density at radius 3 is 2.50 bits per heavy atom. The lowest BCUT2D eigenvalue weighted by molar-refractivity contribution is 0.0978. The molecule has 0 unspecified atom stereocenters. The van der Waals surface area contributed by atoms with Gasteiger partial charge in [0.15, 0.2) is 5.78 Å². The van der Waals surface area contributed by atoms with Crippen LogP contribution in [0, 0.1) is 0 Å². The van der Waals surface area contributed by atoms with E-state index in [0.29, 0.717) is 9.90 Å². The Balaban J connectivity index is 1.56. The van der Waals surface area contributed by atoms with Crippen LogP contribution in [0.2, 0.25) is 5.02 Å². The van der Waals surface area contributed by atoms with E-state index in [1.807, 2.05) is 54.6 Å². The maximum absolute atomic E-state index is 12.3. The van der Waals surface area contributed by atoms with Crippen molar-refractivity contribution >= 4 is 44.9 Å². The first kappa shape index (κ1) is 16.5. The van der Waals surface area contributed by atoms with Crippen LogP contribution in [0.3, 0.4) is 0 Å². The number of benzene rings is 2. The summed E-state index contributed by atoms with van der Waals surface area (Å²) in [4.78, 5) is 24.4. The summed E-state index contributed by atoms with van der Waals surface area (Å²) in [5, 5.41) is 3.74. The number of hydrogen-bond donors (Lipinski definition) is 1. The van der Waals surface area contributed by atoms with E-state index in [-0.39, 0.29) is 18.9 Å². The van der Waals surface area contributed by atoms with Crippen molar-refractivity contribution in [1.82, 2.24) is 5.32 Å². The molecule has 122 valence electrons. The summed E-state index contributed by atoms with van der Waals surface area (Å²) in [5.74, 6) is -0.238. The lowest BCUT2D eigenvalue weighted by Gasteiger charge is -2.06. The Labute approximate surface area is 148 Å². The Kier molecular flexibility index (Phi) is 5.13. The number of alkyl carbamates (subject to hydrolysis) is 1. The second kappa shape index (κ2) is 7.47. The van der Waals surface area contributed by atoms with Gasteiger partial charge in [0.2, 0.25) is 0 Å². The Morgan fingerprint density at radius 2 is 1.75 bits per heavy atom. The molecule has 2 aromatic carbocycles.